The van der Waals surface area contributed by atoms with Gasteiger partial charge < -0.3 is 19.1 Å². The lowest BCUT2D eigenvalue weighted by Gasteiger charge is -2.12. The predicted octanol–water partition coefficient (Wildman–Crippen LogP) is 4.19. The van der Waals surface area contributed by atoms with Crippen LogP contribution in [0.1, 0.15) is 17.0 Å². The van der Waals surface area contributed by atoms with Gasteiger partial charge in [-0.1, -0.05) is 5.16 Å². The lowest BCUT2D eigenvalue weighted by molar-refractivity contribution is 0.183. The number of methoxy groups -OCH3 is 2. The molecule has 0 aliphatic rings. The molecule has 3 aromatic rings. The van der Waals surface area contributed by atoms with Gasteiger partial charge in [0.1, 0.15) is 16.5 Å². The molecule has 0 aliphatic carbocycles. The van der Waals surface area contributed by atoms with E-state index in [0.29, 0.717) is 45.0 Å². The Morgan fingerprint density at radius 1 is 1.19 bits per heavy atom. The molecule has 0 saturated heterocycles. The molecule has 0 unspecified atom stereocenters. The van der Waals surface area contributed by atoms with Crippen LogP contribution in [0.4, 0.5) is 10.5 Å². The number of nitrogens with zero attached hydrogens (tertiary/aromatic N) is 4. The van der Waals surface area contributed by atoms with Crippen molar-refractivity contribution in [2.24, 2.45) is 9.98 Å². The highest BCUT2D eigenvalue weighted by Crippen LogP contribution is 2.25. The molecule has 0 aliphatic heterocycles. The first-order chi connectivity index (χ1) is 15.5. The topological polar surface area (TPSA) is 119 Å². The maximum Gasteiger partial charge on any atom is 0.434 e. The summed E-state index contributed by atoms with van der Waals surface area (Å²) in [4.78, 5) is 24.8. The van der Waals surface area contributed by atoms with Crippen LogP contribution in [0.15, 0.2) is 57.0 Å². The quantitative estimate of drug-likeness (QED) is 0.435. The lowest BCUT2D eigenvalue weighted by Crippen LogP contribution is -2.15. The van der Waals surface area contributed by atoms with Crippen molar-refractivity contribution in [2.75, 3.05) is 20.5 Å². The average molecular weight is 455 g/mol. The van der Waals surface area contributed by atoms with Gasteiger partial charge in [-0.2, -0.15) is 9.98 Å². The van der Waals surface area contributed by atoms with Crippen LogP contribution >= 0.6 is 11.8 Å². The Bertz CT molecular complexity index is 1130. The molecule has 9 nitrogen and oxygen atoms in total. The summed E-state index contributed by atoms with van der Waals surface area (Å²) >= 11 is 1.25. The molecule has 0 spiro atoms. The fourth-order valence-corrected chi connectivity index (χ4v) is 3.32. The van der Waals surface area contributed by atoms with E-state index >= 15 is 0 Å². The molecule has 32 heavy (non-hydrogen) atoms. The van der Waals surface area contributed by atoms with Crippen LogP contribution in [0.25, 0.3) is 11.4 Å². The first-order valence-corrected chi connectivity index (χ1v) is 10.7. The number of thioether (sulfide) groups is 1. The Hall–Kier alpha value is -3.50. The lowest BCUT2D eigenvalue weighted by atomic mass is 10.1. The first-order valence-electron chi connectivity index (χ1n) is 9.47. The molecule has 1 heterocycles. The normalized spacial score (nSPS) is 12.0. The summed E-state index contributed by atoms with van der Waals surface area (Å²) in [5.74, 6) is 1.50. The molecule has 0 bridgehead atoms. The molecule has 3 rings (SSSR count). The molecule has 10 heteroatoms. The Kier molecular flexibility index (Phi) is 7.74. The standard InChI is InChI=1S/C22H22N4O5S/c1-13-23-20(26-31-13)15-5-7-17(8-6-15)24-19(21(32-4)25-22(28)30-3)16-9-14(12-27)10-18(11-16)29-2/h5-11,27H,12H2,1-4H3/b24-19?,25-21-. The van der Waals surface area contributed by atoms with Gasteiger partial charge in [0.05, 0.1) is 26.5 Å². The van der Waals surface area contributed by atoms with Gasteiger partial charge in [0.25, 0.3) is 0 Å². The van der Waals surface area contributed by atoms with Gasteiger partial charge in [-0.25, -0.2) is 9.79 Å². The van der Waals surface area contributed by atoms with Crippen LogP contribution < -0.4 is 4.74 Å². The number of aliphatic imine (C=N–C) groups is 2. The number of aliphatic hydroxyl groups is 1. The summed E-state index contributed by atoms with van der Waals surface area (Å²) in [7, 11) is 2.79. The number of amides is 1. The number of ether oxygens (including phenoxy) is 2. The fraction of sp³-hybridized carbons (Fsp3) is 0.227. The number of hydrogen-bond donors (Lipinski definition) is 1. The van der Waals surface area contributed by atoms with Crippen LogP contribution in [0.3, 0.4) is 0 Å². The number of rotatable bonds is 6. The Balaban J connectivity index is 2.11. The molecule has 0 saturated carbocycles. The van der Waals surface area contributed by atoms with Crippen LogP contribution in [0, 0.1) is 6.92 Å². The minimum Gasteiger partial charge on any atom is -0.497 e. The molecule has 1 amide bonds. The van der Waals surface area contributed by atoms with E-state index in [1.807, 2.05) is 12.1 Å². The molecule has 0 atom stereocenters. The molecule has 1 N–H and O–H groups in total. The van der Waals surface area contributed by atoms with Crippen molar-refractivity contribution in [3.63, 3.8) is 0 Å². The summed E-state index contributed by atoms with van der Waals surface area (Å²) in [5.41, 5.74) is 3.08. The van der Waals surface area contributed by atoms with Crippen LogP contribution in [-0.2, 0) is 11.3 Å². The zero-order valence-electron chi connectivity index (χ0n) is 18.0. The number of carbonyl (C=O) groups is 1. The molecule has 0 radical (unpaired) electrons. The van der Waals surface area contributed by atoms with Crippen molar-refractivity contribution < 1.29 is 23.9 Å². The van der Waals surface area contributed by atoms with Crippen LogP contribution in [0.2, 0.25) is 0 Å². The van der Waals surface area contributed by atoms with E-state index in [2.05, 4.69) is 15.1 Å². The summed E-state index contributed by atoms with van der Waals surface area (Å²) in [6.45, 7) is 1.54. The summed E-state index contributed by atoms with van der Waals surface area (Å²) in [5, 5.41) is 13.9. The van der Waals surface area contributed by atoms with Crippen molar-refractivity contribution in [3.8, 4) is 17.1 Å². The SMILES string of the molecule is COC(=O)/N=C(\SC)C(=Nc1ccc(-c2noc(C)n2)cc1)c1cc(CO)cc(OC)c1. The molecule has 2 aromatic carbocycles. The van der Waals surface area contributed by atoms with Crippen LogP contribution in [-0.4, -0.2) is 52.6 Å². The van der Waals surface area contributed by atoms with Gasteiger partial charge in [0.2, 0.25) is 11.7 Å². The second kappa shape index (κ2) is 10.7. The van der Waals surface area contributed by atoms with Gasteiger partial charge >= 0.3 is 6.09 Å². The third kappa shape index (κ3) is 5.59. The van der Waals surface area contributed by atoms with Gasteiger partial charge in [-0.3, -0.25) is 0 Å². The smallest absolute Gasteiger partial charge is 0.434 e. The number of carbonyl (C=O) groups excluding carboxylic acids is 1. The monoisotopic (exact) mass is 454 g/mol. The highest BCUT2D eigenvalue weighted by molar-refractivity contribution is 8.15. The second-order valence-electron chi connectivity index (χ2n) is 6.46. The van der Waals surface area contributed by atoms with Crippen molar-refractivity contribution in [2.45, 2.75) is 13.5 Å². The Labute approximate surface area is 189 Å². The van der Waals surface area contributed by atoms with Crippen molar-refractivity contribution in [3.05, 3.63) is 59.5 Å². The number of aliphatic hydroxyl groups excluding tert-OH is 1. The minimum absolute atomic E-state index is 0.182. The largest absolute Gasteiger partial charge is 0.497 e. The van der Waals surface area contributed by atoms with E-state index in [1.54, 1.807) is 43.5 Å². The molecular formula is C22H22N4O5S. The first kappa shape index (κ1) is 23.2. The number of hydrogen-bond acceptors (Lipinski definition) is 9. The zero-order valence-corrected chi connectivity index (χ0v) is 18.8. The van der Waals surface area contributed by atoms with Gasteiger partial charge in [0, 0.05) is 18.1 Å². The Morgan fingerprint density at radius 2 is 1.94 bits per heavy atom. The third-order valence-electron chi connectivity index (χ3n) is 4.32. The fourth-order valence-electron chi connectivity index (χ4n) is 2.80. The average Bonchev–Trinajstić information content (AvgIpc) is 3.27. The number of aryl methyl sites for hydroxylation is 1. The second-order valence-corrected chi connectivity index (χ2v) is 7.26. The van der Waals surface area contributed by atoms with Crippen molar-refractivity contribution in [1.82, 2.24) is 10.1 Å². The van der Waals surface area contributed by atoms with Gasteiger partial charge in [0.15, 0.2) is 0 Å². The molecule has 166 valence electrons. The van der Waals surface area contributed by atoms with E-state index in [9.17, 15) is 9.90 Å². The maximum absolute atomic E-state index is 11.9. The van der Waals surface area contributed by atoms with E-state index < -0.39 is 6.09 Å². The van der Waals surface area contributed by atoms with E-state index in [1.165, 1.54) is 26.0 Å². The Morgan fingerprint density at radius 3 is 2.50 bits per heavy atom. The molecule has 1 aromatic heterocycles. The highest BCUT2D eigenvalue weighted by Gasteiger charge is 2.16. The summed E-state index contributed by atoms with van der Waals surface area (Å²) in [6, 6.07) is 12.5. The highest BCUT2D eigenvalue weighted by atomic mass is 32.2. The number of aromatic nitrogens is 2. The summed E-state index contributed by atoms with van der Waals surface area (Å²) in [6.07, 6.45) is 1.04. The third-order valence-corrected chi connectivity index (χ3v) is 4.99. The molecule has 0 fully saturated rings. The van der Waals surface area contributed by atoms with Gasteiger partial charge in [-0.05, 0) is 54.3 Å². The van der Waals surface area contributed by atoms with Gasteiger partial charge in [-0.15, -0.1) is 11.8 Å². The zero-order chi connectivity index (χ0) is 23.1. The molecular weight excluding hydrogens is 432 g/mol. The predicted molar refractivity (Wildman–Crippen MR) is 123 cm³/mol. The van der Waals surface area contributed by atoms with Crippen molar-refractivity contribution >= 4 is 34.3 Å². The minimum atomic E-state index is -0.741. The maximum atomic E-state index is 11.9. The van der Waals surface area contributed by atoms with E-state index in [-0.39, 0.29) is 6.61 Å². The van der Waals surface area contributed by atoms with E-state index in [4.69, 9.17) is 19.0 Å². The van der Waals surface area contributed by atoms with E-state index in [0.717, 1.165) is 5.56 Å². The summed E-state index contributed by atoms with van der Waals surface area (Å²) < 4.78 is 15.1. The van der Waals surface area contributed by atoms with Crippen molar-refractivity contribution in [1.29, 1.82) is 0 Å². The number of benzene rings is 2. The van der Waals surface area contributed by atoms with Crippen LogP contribution in [0.5, 0.6) is 5.75 Å².